The Balaban J connectivity index is 1.74. The summed E-state index contributed by atoms with van der Waals surface area (Å²) in [5.41, 5.74) is 0.953. The maximum Gasteiger partial charge on any atom is 0.305 e. The van der Waals surface area contributed by atoms with Gasteiger partial charge in [0.15, 0.2) is 0 Å². The van der Waals surface area contributed by atoms with E-state index in [0.717, 1.165) is 24.2 Å². The largest absolute Gasteiger partial charge is 0.494 e. The molecule has 0 spiro atoms. The van der Waals surface area contributed by atoms with E-state index >= 15 is 0 Å². The van der Waals surface area contributed by atoms with Gasteiger partial charge < -0.3 is 14.7 Å². The molecule has 1 aliphatic rings. The number of carboxylic acids is 1. The molecule has 1 fully saturated rings. The van der Waals surface area contributed by atoms with Gasteiger partial charge in [-0.25, -0.2) is 0 Å². The molecule has 23 heavy (non-hydrogen) atoms. The van der Waals surface area contributed by atoms with E-state index in [2.05, 4.69) is 0 Å². The molecule has 1 aromatic rings. The first-order valence-electron chi connectivity index (χ1n) is 7.87. The van der Waals surface area contributed by atoms with E-state index < -0.39 is 5.97 Å². The van der Waals surface area contributed by atoms with Crippen molar-refractivity contribution in [1.82, 2.24) is 4.90 Å². The maximum atomic E-state index is 12.2. The number of hydrogen-bond acceptors (Lipinski definition) is 3. The number of carboxylic acid groups (broad SMARTS) is 1. The van der Waals surface area contributed by atoms with Gasteiger partial charge in [0, 0.05) is 24.0 Å². The van der Waals surface area contributed by atoms with Gasteiger partial charge in [-0.15, -0.1) is 0 Å². The monoisotopic (exact) mass is 339 g/mol. The second-order valence-electron chi connectivity index (χ2n) is 5.84. The fourth-order valence-electron chi connectivity index (χ4n) is 2.84. The zero-order chi connectivity index (χ0) is 16.8. The summed E-state index contributed by atoms with van der Waals surface area (Å²) in [6.07, 6.45) is 2.68. The topological polar surface area (TPSA) is 66.8 Å². The molecule has 1 unspecified atom stereocenters. The summed E-state index contributed by atoms with van der Waals surface area (Å²) in [6, 6.07) is 5.31. The summed E-state index contributed by atoms with van der Waals surface area (Å²) in [5, 5.41) is 9.59. The number of hydrogen-bond donors (Lipinski definition) is 1. The molecule has 0 aromatic heterocycles. The van der Waals surface area contributed by atoms with Gasteiger partial charge in [0.05, 0.1) is 13.0 Å². The molecule has 1 heterocycles. The minimum absolute atomic E-state index is 0.0182. The molecule has 6 heteroatoms. The van der Waals surface area contributed by atoms with Gasteiger partial charge in [0.25, 0.3) is 0 Å². The first-order chi connectivity index (χ1) is 11.0. The van der Waals surface area contributed by atoms with Gasteiger partial charge in [-0.2, -0.15) is 0 Å². The lowest BCUT2D eigenvalue weighted by atomic mass is 10.1. The van der Waals surface area contributed by atoms with Crippen molar-refractivity contribution in [3.63, 3.8) is 0 Å². The number of nitrogens with zero attached hydrogens (tertiary/aromatic N) is 1. The van der Waals surface area contributed by atoms with Crippen LogP contribution in [0, 0.1) is 6.92 Å². The Morgan fingerprint density at radius 1 is 1.43 bits per heavy atom. The Hall–Kier alpha value is -1.75. The van der Waals surface area contributed by atoms with Crippen molar-refractivity contribution in [1.29, 1.82) is 0 Å². The number of halogens is 1. The average Bonchev–Trinajstić information content (AvgIpc) is 2.94. The van der Waals surface area contributed by atoms with Gasteiger partial charge in [0.1, 0.15) is 5.75 Å². The predicted octanol–water partition coefficient (Wildman–Crippen LogP) is 3.27. The number of benzene rings is 1. The summed E-state index contributed by atoms with van der Waals surface area (Å²) < 4.78 is 5.62. The van der Waals surface area contributed by atoms with Crippen LogP contribution in [-0.2, 0) is 9.59 Å². The molecule has 1 atom stereocenters. The van der Waals surface area contributed by atoms with Crippen LogP contribution < -0.4 is 4.74 Å². The van der Waals surface area contributed by atoms with E-state index in [0.29, 0.717) is 31.0 Å². The van der Waals surface area contributed by atoms with Crippen molar-refractivity contribution in [2.45, 2.75) is 45.1 Å². The van der Waals surface area contributed by atoms with Gasteiger partial charge in [-0.3, -0.25) is 9.59 Å². The van der Waals surface area contributed by atoms with Crippen LogP contribution in [0.4, 0.5) is 0 Å². The Kier molecular flexibility index (Phi) is 6.28. The van der Waals surface area contributed by atoms with Crippen LogP contribution in [0.1, 0.15) is 37.7 Å². The zero-order valence-electron chi connectivity index (χ0n) is 13.3. The number of rotatable bonds is 7. The highest BCUT2D eigenvalue weighted by molar-refractivity contribution is 6.31. The fraction of sp³-hybridized carbons (Fsp3) is 0.529. The van der Waals surface area contributed by atoms with Crippen LogP contribution in [0.5, 0.6) is 5.75 Å². The number of carbonyl (C=O) groups is 2. The molecule has 0 saturated carbocycles. The molecule has 0 bridgehead atoms. The minimum Gasteiger partial charge on any atom is -0.494 e. The van der Waals surface area contributed by atoms with Gasteiger partial charge in [-0.05, 0) is 49.9 Å². The lowest BCUT2D eigenvalue weighted by Gasteiger charge is -2.23. The minimum atomic E-state index is -0.851. The second-order valence-corrected chi connectivity index (χ2v) is 6.25. The van der Waals surface area contributed by atoms with Crippen LogP contribution >= 0.6 is 11.6 Å². The Morgan fingerprint density at radius 3 is 2.91 bits per heavy atom. The number of aryl methyl sites for hydroxylation is 1. The third kappa shape index (κ3) is 5.13. The van der Waals surface area contributed by atoms with E-state index in [1.54, 1.807) is 17.0 Å². The number of likely N-dealkylation sites (tertiary alicyclic amines) is 1. The Labute approximate surface area is 141 Å². The predicted molar refractivity (Wildman–Crippen MR) is 87.9 cm³/mol. The SMILES string of the molecule is Cc1cc(OCCCC(=O)N2CCCC2CC(=O)O)ccc1Cl. The number of ether oxygens (including phenoxy) is 1. The molecule has 1 amide bonds. The molecule has 1 saturated heterocycles. The van der Waals surface area contributed by atoms with E-state index in [9.17, 15) is 9.59 Å². The molecule has 5 nitrogen and oxygen atoms in total. The normalized spacial score (nSPS) is 17.3. The second kappa shape index (κ2) is 8.20. The smallest absolute Gasteiger partial charge is 0.305 e. The molecule has 0 aliphatic carbocycles. The van der Waals surface area contributed by atoms with Crippen molar-refractivity contribution >= 4 is 23.5 Å². The molecular formula is C17H22ClNO4. The van der Waals surface area contributed by atoms with Crippen LogP contribution in [0.3, 0.4) is 0 Å². The fourth-order valence-corrected chi connectivity index (χ4v) is 2.96. The van der Waals surface area contributed by atoms with Crippen molar-refractivity contribution in [3.05, 3.63) is 28.8 Å². The Morgan fingerprint density at radius 2 is 2.22 bits per heavy atom. The molecule has 126 valence electrons. The van der Waals surface area contributed by atoms with Crippen LogP contribution in [0.25, 0.3) is 0 Å². The summed E-state index contributed by atoms with van der Waals surface area (Å²) in [4.78, 5) is 24.7. The summed E-state index contributed by atoms with van der Waals surface area (Å²) in [6.45, 7) is 3.02. The van der Waals surface area contributed by atoms with Crippen LogP contribution in [0.2, 0.25) is 5.02 Å². The maximum absolute atomic E-state index is 12.2. The van der Waals surface area contributed by atoms with Gasteiger partial charge >= 0.3 is 5.97 Å². The Bertz CT molecular complexity index is 576. The lowest BCUT2D eigenvalue weighted by molar-refractivity contribution is -0.139. The first kappa shape index (κ1) is 17.6. The number of amides is 1. The van der Waals surface area contributed by atoms with Gasteiger partial charge in [-0.1, -0.05) is 11.6 Å². The van der Waals surface area contributed by atoms with Crippen LogP contribution in [-0.4, -0.2) is 41.1 Å². The average molecular weight is 340 g/mol. The van der Waals surface area contributed by atoms with E-state index in [4.69, 9.17) is 21.4 Å². The van der Waals surface area contributed by atoms with Crippen LogP contribution in [0.15, 0.2) is 18.2 Å². The first-order valence-corrected chi connectivity index (χ1v) is 8.25. The third-order valence-electron chi connectivity index (χ3n) is 4.04. The molecule has 1 N–H and O–H groups in total. The van der Waals surface area contributed by atoms with E-state index in [1.165, 1.54) is 0 Å². The summed E-state index contributed by atoms with van der Waals surface area (Å²) in [7, 11) is 0. The highest BCUT2D eigenvalue weighted by Crippen LogP contribution is 2.23. The number of aliphatic carboxylic acids is 1. The highest BCUT2D eigenvalue weighted by atomic mass is 35.5. The zero-order valence-corrected chi connectivity index (χ0v) is 14.0. The van der Waals surface area contributed by atoms with E-state index in [1.807, 2.05) is 13.0 Å². The van der Waals surface area contributed by atoms with Crippen molar-refractivity contribution < 1.29 is 19.4 Å². The standard InChI is InChI=1S/C17H22ClNO4/c1-12-10-14(6-7-15(12)18)23-9-3-5-16(20)19-8-2-4-13(19)11-17(21)22/h6-7,10,13H,2-5,8-9,11H2,1H3,(H,21,22). The molecule has 1 aromatic carbocycles. The quantitative estimate of drug-likeness (QED) is 0.774. The summed E-state index contributed by atoms with van der Waals surface area (Å²) in [5.74, 6) is -0.0925. The highest BCUT2D eigenvalue weighted by Gasteiger charge is 2.29. The molecule has 1 aliphatic heterocycles. The van der Waals surface area contributed by atoms with Crippen molar-refractivity contribution in [3.8, 4) is 5.75 Å². The number of carbonyl (C=O) groups excluding carboxylic acids is 1. The molecule has 0 radical (unpaired) electrons. The van der Waals surface area contributed by atoms with Crippen molar-refractivity contribution in [2.24, 2.45) is 0 Å². The van der Waals surface area contributed by atoms with Crippen molar-refractivity contribution in [2.75, 3.05) is 13.2 Å². The van der Waals surface area contributed by atoms with Gasteiger partial charge in [0.2, 0.25) is 5.91 Å². The molecule has 2 rings (SSSR count). The molecular weight excluding hydrogens is 318 g/mol. The third-order valence-corrected chi connectivity index (χ3v) is 4.46. The van der Waals surface area contributed by atoms with E-state index in [-0.39, 0.29) is 18.4 Å². The lowest BCUT2D eigenvalue weighted by Crippen LogP contribution is -2.36. The summed E-state index contributed by atoms with van der Waals surface area (Å²) >= 11 is 5.96.